The summed E-state index contributed by atoms with van der Waals surface area (Å²) >= 11 is 14.0. The first kappa shape index (κ1) is 33.0. The smallest absolute Gasteiger partial charge is 0.291 e. The van der Waals surface area contributed by atoms with Crippen molar-refractivity contribution in [2.24, 2.45) is 7.05 Å². The van der Waals surface area contributed by atoms with Crippen molar-refractivity contribution in [1.82, 2.24) is 29.2 Å². The molecule has 3 fully saturated rings. The molecular weight excluding hydrogens is 663 g/mol. The van der Waals surface area contributed by atoms with E-state index in [-0.39, 0.29) is 30.3 Å². The van der Waals surface area contributed by atoms with Crippen molar-refractivity contribution in [3.63, 3.8) is 0 Å². The summed E-state index contributed by atoms with van der Waals surface area (Å²) in [6.45, 7) is 3.74. The minimum Gasteiger partial charge on any atom is -0.481 e. The number of carbonyl (C=O) groups excluding carboxylic acids is 2. The number of benzene rings is 2. The standard InChI is InChI=1S/C36H36Cl2N8O3/c1-43-15-13-30-29(20-43)40-34(44(30)2)35(48)41-28-9-5-7-25(33(28)38)24-6-4-8-26(32(24)37)27-11-10-21(36(42-27)49-3)17-45-18-22-16-23(19-45)46(22)31(47)12-14-39/h4-11,22-23H,12-13,15-20H2,1-3H3,(H,41,48). The Bertz CT molecular complexity index is 1990. The van der Waals surface area contributed by atoms with Crippen LogP contribution in [0.15, 0.2) is 48.5 Å². The van der Waals surface area contributed by atoms with Crippen LogP contribution < -0.4 is 10.1 Å². The molecule has 0 aliphatic carbocycles. The first-order chi connectivity index (χ1) is 23.7. The molecule has 2 aromatic heterocycles. The van der Waals surface area contributed by atoms with E-state index in [1.54, 1.807) is 13.2 Å². The average molecular weight is 700 g/mol. The number of methoxy groups -OCH3 is 1. The lowest BCUT2D eigenvalue weighted by molar-refractivity contribution is -0.153. The molecule has 0 radical (unpaired) electrons. The van der Waals surface area contributed by atoms with E-state index in [1.807, 2.05) is 72.1 Å². The van der Waals surface area contributed by atoms with Crippen LogP contribution in [-0.4, -0.2) is 86.9 Å². The maximum absolute atomic E-state index is 13.4. The summed E-state index contributed by atoms with van der Waals surface area (Å²) in [5.41, 5.74) is 6.11. The van der Waals surface area contributed by atoms with Crippen LogP contribution >= 0.6 is 23.2 Å². The number of likely N-dealkylation sites (N-methyl/N-ethyl adjacent to an activating group) is 1. The molecule has 0 saturated carbocycles. The second-order valence-electron chi connectivity index (χ2n) is 12.9. The van der Waals surface area contributed by atoms with Gasteiger partial charge in [0.2, 0.25) is 11.8 Å². The van der Waals surface area contributed by atoms with Crippen molar-refractivity contribution in [1.29, 1.82) is 5.26 Å². The number of carbonyl (C=O) groups is 2. The van der Waals surface area contributed by atoms with Gasteiger partial charge in [0, 0.05) is 86.2 Å². The van der Waals surface area contributed by atoms with Gasteiger partial charge in [0.1, 0.15) is 6.42 Å². The van der Waals surface area contributed by atoms with Crippen LogP contribution in [0.3, 0.4) is 0 Å². The fourth-order valence-electron chi connectivity index (χ4n) is 7.36. The minimum absolute atomic E-state index is 0.0737. The Balaban J connectivity index is 1.10. The van der Waals surface area contributed by atoms with Crippen LogP contribution in [0.5, 0.6) is 5.88 Å². The van der Waals surface area contributed by atoms with Gasteiger partial charge in [-0.2, -0.15) is 5.26 Å². The summed E-state index contributed by atoms with van der Waals surface area (Å²) in [6, 6.07) is 17.3. The maximum Gasteiger partial charge on any atom is 0.291 e. The summed E-state index contributed by atoms with van der Waals surface area (Å²) in [5.74, 6) is 0.428. The molecule has 4 aromatic rings. The van der Waals surface area contributed by atoms with Crippen LogP contribution in [0, 0.1) is 11.3 Å². The highest BCUT2D eigenvalue weighted by Gasteiger charge is 2.46. The number of hydrogen-bond donors (Lipinski definition) is 1. The fourth-order valence-corrected chi connectivity index (χ4v) is 7.96. The van der Waals surface area contributed by atoms with Gasteiger partial charge >= 0.3 is 0 Å². The zero-order valence-electron chi connectivity index (χ0n) is 27.5. The molecule has 11 nitrogen and oxygen atoms in total. The number of fused-ring (bicyclic) bond motifs is 3. The first-order valence-corrected chi connectivity index (χ1v) is 17.0. The zero-order chi connectivity index (χ0) is 34.4. The third-order valence-electron chi connectivity index (χ3n) is 9.77. The third kappa shape index (κ3) is 6.15. The summed E-state index contributed by atoms with van der Waals surface area (Å²) in [6.07, 6.45) is 1.74. The average Bonchev–Trinajstić information content (AvgIpc) is 3.41. The summed E-state index contributed by atoms with van der Waals surface area (Å²) < 4.78 is 7.60. The van der Waals surface area contributed by atoms with Gasteiger partial charge in [0.05, 0.1) is 40.3 Å². The molecule has 49 heavy (non-hydrogen) atoms. The number of halogens is 2. The van der Waals surface area contributed by atoms with E-state index in [0.717, 1.165) is 49.4 Å². The number of hydrogen-bond acceptors (Lipinski definition) is 8. The van der Waals surface area contributed by atoms with Crippen molar-refractivity contribution in [3.05, 3.63) is 81.4 Å². The largest absolute Gasteiger partial charge is 0.481 e. The number of amides is 2. The van der Waals surface area contributed by atoms with Gasteiger partial charge in [-0.25, -0.2) is 9.97 Å². The molecule has 8 rings (SSSR count). The topological polar surface area (TPSA) is 120 Å². The number of aromatic nitrogens is 3. The molecule has 252 valence electrons. The molecule has 13 heteroatoms. The molecule has 2 aromatic carbocycles. The van der Waals surface area contributed by atoms with Crippen LogP contribution in [0.1, 0.15) is 40.4 Å². The molecule has 4 aliphatic heterocycles. The highest BCUT2D eigenvalue weighted by atomic mass is 35.5. The van der Waals surface area contributed by atoms with Crippen molar-refractivity contribution in [3.8, 4) is 34.3 Å². The molecule has 2 amide bonds. The van der Waals surface area contributed by atoms with Crippen LogP contribution in [0.25, 0.3) is 22.4 Å². The second kappa shape index (κ2) is 13.4. The molecule has 2 unspecified atom stereocenters. The zero-order valence-corrected chi connectivity index (χ0v) is 29.1. The molecule has 1 N–H and O–H groups in total. The number of rotatable bonds is 8. The van der Waals surface area contributed by atoms with E-state index < -0.39 is 0 Å². The van der Waals surface area contributed by atoms with Gasteiger partial charge in [-0.1, -0.05) is 59.6 Å². The van der Waals surface area contributed by atoms with E-state index in [1.165, 1.54) is 0 Å². The molecule has 6 heterocycles. The normalized spacial score (nSPS) is 18.7. The van der Waals surface area contributed by atoms with Crippen LogP contribution in [0.2, 0.25) is 10.0 Å². The van der Waals surface area contributed by atoms with Gasteiger partial charge in [-0.15, -0.1) is 0 Å². The van der Waals surface area contributed by atoms with Crippen molar-refractivity contribution >= 4 is 40.7 Å². The van der Waals surface area contributed by atoms with Crippen molar-refractivity contribution < 1.29 is 14.3 Å². The number of piperidine rings is 1. The predicted molar refractivity (Wildman–Crippen MR) is 187 cm³/mol. The van der Waals surface area contributed by atoms with Gasteiger partial charge in [-0.3, -0.25) is 14.5 Å². The summed E-state index contributed by atoms with van der Waals surface area (Å²) in [7, 11) is 5.52. The molecule has 0 spiro atoms. The summed E-state index contributed by atoms with van der Waals surface area (Å²) in [4.78, 5) is 41.5. The Hall–Kier alpha value is -4.47. The molecular formula is C36H36Cl2N8O3. The number of piperazine rings is 1. The number of nitrogens with one attached hydrogen (secondary N) is 1. The highest BCUT2D eigenvalue weighted by molar-refractivity contribution is 6.39. The number of anilines is 1. The molecule has 4 aliphatic rings. The summed E-state index contributed by atoms with van der Waals surface area (Å²) in [5, 5.41) is 12.7. The Morgan fingerprint density at radius 2 is 1.71 bits per heavy atom. The number of ether oxygens (including phenoxy) is 1. The van der Waals surface area contributed by atoms with Crippen molar-refractivity contribution in [2.45, 2.75) is 44.4 Å². The molecule has 3 saturated heterocycles. The predicted octanol–water partition coefficient (Wildman–Crippen LogP) is 5.40. The number of nitrogens with zero attached hydrogens (tertiary/aromatic N) is 7. The first-order valence-electron chi connectivity index (χ1n) is 16.2. The maximum atomic E-state index is 13.4. The third-order valence-corrected chi connectivity index (χ3v) is 10.6. The van der Waals surface area contributed by atoms with Crippen molar-refractivity contribution in [2.75, 3.05) is 39.1 Å². The van der Waals surface area contributed by atoms with E-state index >= 15 is 0 Å². The SMILES string of the molecule is COc1nc(-c2cccc(-c3cccc(NC(=O)c4nc5c(n4C)CCN(C)C5)c3Cl)c2Cl)ccc1CN1CC2CC(C1)N2C(=O)CC#N. The minimum atomic E-state index is -0.332. The number of imidazole rings is 1. The van der Waals surface area contributed by atoms with Gasteiger partial charge in [0.15, 0.2) is 5.82 Å². The Morgan fingerprint density at radius 3 is 2.45 bits per heavy atom. The lowest BCUT2D eigenvalue weighted by atomic mass is 9.86. The lowest BCUT2D eigenvalue weighted by Crippen LogP contribution is -2.69. The highest BCUT2D eigenvalue weighted by Crippen LogP contribution is 2.42. The second-order valence-corrected chi connectivity index (χ2v) is 13.7. The quantitative estimate of drug-likeness (QED) is 0.260. The molecule has 2 bridgehead atoms. The number of pyridine rings is 1. The van der Waals surface area contributed by atoms with Crippen LogP contribution in [0.4, 0.5) is 5.69 Å². The van der Waals surface area contributed by atoms with Gasteiger partial charge in [0.25, 0.3) is 5.91 Å². The van der Waals surface area contributed by atoms with E-state index in [4.69, 9.17) is 38.2 Å². The lowest BCUT2D eigenvalue weighted by Gasteiger charge is -2.56. The van der Waals surface area contributed by atoms with E-state index in [2.05, 4.69) is 20.1 Å². The van der Waals surface area contributed by atoms with Crippen LogP contribution in [-0.2, 0) is 31.4 Å². The Labute approximate surface area is 295 Å². The van der Waals surface area contributed by atoms with E-state index in [9.17, 15) is 9.59 Å². The molecule has 2 atom stereocenters. The Morgan fingerprint density at radius 1 is 1.00 bits per heavy atom. The van der Waals surface area contributed by atoms with E-state index in [0.29, 0.717) is 62.9 Å². The Kier molecular flexibility index (Phi) is 9.07. The number of nitriles is 1. The van der Waals surface area contributed by atoms with Gasteiger partial charge < -0.3 is 24.4 Å². The fraction of sp³-hybridized carbons (Fsp3) is 0.361. The van der Waals surface area contributed by atoms with Gasteiger partial charge in [-0.05, 0) is 25.6 Å². The monoisotopic (exact) mass is 698 g/mol.